The number of anilines is 2. The summed E-state index contributed by atoms with van der Waals surface area (Å²) in [5, 5.41) is 3.76. The highest BCUT2D eigenvalue weighted by Gasteiger charge is 2.36. The van der Waals surface area contributed by atoms with Gasteiger partial charge in [0.25, 0.3) is 5.91 Å². The molecule has 1 amide bonds. The molecule has 0 bridgehead atoms. The van der Waals surface area contributed by atoms with Crippen molar-refractivity contribution in [2.45, 2.75) is 32.2 Å². The smallest absolute Gasteiger partial charge is 0.250 e. The number of rotatable bonds is 5. The minimum Gasteiger partial charge on any atom is -0.399 e. The third kappa shape index (κ3) is 2.70. The third-order valence-electron chi connectivity index (χ3n) is 3.29. The van der Waals surface area contributed by atoms with E-state index >= 15 is 0 Å². The molecule has 98 valence electrons. The predicted molar refractivity (Wildman–Crippen MR) is 74.8 cm³/mol. The lowest BCUT2D eigenvalue weighted by molar-refractivity contribution is 0.100. The molecule has 18 heavy (non-hydrogen) atoms. The highest BCUT2D eigenvalue weighted by atomic mass is 35.5. The number of amides is 1. The highest BCUT2D eigenvalue weighted by molar-refractivity contribution is 6.34. The summed E-state index contributed by atoms with van der Waals surface area (Å²) >= 11 is 6.13. The van der Waals surface area contributed by atoms with E-state index < -0.39 is 5.91 Å². The molecular formula is C13H18ClN3O. The number of hydrogen-bond acceptors (Lipinski definition) is 3. The molecule has 2 rings (SSSR count). The zero-order valence-corrected chi connectivity index (χ0v) is 11.1. The van der Waals surface area contributed by atoms with E-state index in [-0.39, 0.29) is 0 Å². The van der Waals surface area contributed by atoms with Crippen molar-refractivity contribution in [3.63, 3.8) is 0 Å². The fourth-order valence-electron chi connectivity index (χ4n) is 2.27. The van der Waals surface area contributed by atoms with Gasteiger partial charge in [-0.3, -0.25) is 4.79 Å². The van der Waals surface area contributed by atoms with Crippen molar-refractivity contribution in [3.05, 3.63) is 22.7 Å². The average Bonchev–Trinajstić information content (AvgIpc) is 3.00. The van der Waals surface area contributed by atoms with Gasteiger partial charge in [0, 0.05) is 11.7 Å². The van der Waals surface area contributed by atoms with Crippen molar-refractivity contribution in [3.8, 4) is 0 Å². The monoisotopic (exact) mass is 267 g/mol. The Hall–Kier alpha value is -1.42. The summed E-state index contributed by atoms with van der Waals surface area (Å²) in [6.07, 6.45) is 3.48. The molecule has 2 unspecified atom stereocenters. The van der Waals surface area contributed by atoms with Crippen molar-refractivity contribution in [2.75, 3.05) is 11.1 Å². The van der Waals surface area contributed by atoms with Gasteiger partial charge in [0.05, 0.1) is 16.3 Å². The molecule has 0 spiro atoms. The number of primary amides is 1. The second-order valence-electron chi connectivity index (χ2n) is 4.82. The maximum absolute atomic E-state index is 11.4. The molecule has 1 aliphatic rings. The Morgan fingerprint density at radius 3 is 2.89 bits per heavy atom. The normalized spacial score (nSPS) is 21.7. The first-order valence-corrected chi connectivity index (χ1v) is 6.56. The summed E-state index contributed by atoms with van der Waals surface area (Å²) in [7, 11) is 0. The van der Waals surface area contributed by atoms with Crippen LogP contribution in [-0.2, 0) is 0 Å². The Labute approximate surface area is 112 Å². The van der Waals surface area contributed by atoms with Gasteiger partial charge in [-0.05, 0) is 30.9 Å². The van der Waals surface area contributed by atoms with Gasteiger partial charge in [-0.25, -0.2) is 0 Å². The average molecular weight is 268 g/mol. The van der Waals surface area contributed by atoms with Crippen LogP contribution in [-0.4, -0.2) is 11.9 Å². The fourth-order valence-corrected chi connectivity index (χ4v) is 2.55. The van der Waals surface area contributed by atoms with E-state index in [0.717, 1.165) is 6.42 Å². The maximum atomic E-state index is 11.4. The number of carbonyl (C=O) groups excluding carboxylic acids is 1. The minimum absolute atomic E-state index is 0.363. The first kappa shape index (κ1) is 13.0. The molecule has 1 saturated carbocycles. The van der Waals surface area contributed by atoms with Gasteiger partial charge in [-0.2, -0.15) is 0 Å². The lowest BCUT2D eigenvalue weighted by Gasteiger charge is -2.13. The molecule has 4 nitrogen and oxygen atoms in total. The molecule has 1 aromatic carbocycles. The van der Waals surface area contributed by atoms with Crippen LogP contribution < -0.4 is 16.8 Å². The first-order chi connectivity index (χ1) is 8.52. The SMILES string of the molecule is CCCC1CC1Nc1c(Cl)cc(N)cc1C(N)=O. The molecule has 0 aliphatic heterocycles. The molecular weight excluding hydrogens is 250 g/mol. The summed E-state index contributed by atoms with van der Waals surface area (Å²) in [5.41, 5.74) is 12.4. The summed E-state index contributed by atoms with van der Waals surface area (Å²) < 4.78 is 0. The van der Waals surface area contributed by atoms with Crippen LogP contribution in [0.4, 0.5) is 11.4 Å². The fraction of sp³-hybridized carbons (Fsp3) is 0.462. The molecule has 1 aliphatic carbocycles. The minimum atomic E-state index is -0.514. The molecule has 0 saturated heterocycles. The topological polar surface area (TPSA) is 81.1 Å². The van der Waals surface area contributed by atoms with Crippen LogP contribution in [0.5, 0.6) is 0 Å². The number of hydrogen-bond donors (Lipinski definition) is 3. The van der Waals surface area contributed by atoms with Crippen molar-refractivity contribution in [1.29, 1.82) is 0 Å². The van der Waals surface area contributed by atoms with Crippen molar-refractivity contribution >= 4 is 28.9 Å². The van der Waals surface area contributed by atoms with E-state index in [2.05, 4.69) is 12.2 Å². The number of nitrogens with one attached hydrogen (secondary N) is 1. The van der Waals surface area contributed by atoms with E-state index in [1.807, 2.05) is 0 Å². The lowest BCUT2D eigenvalue weighted by Crippen LogP contribution is -2.16. The van der Waals surface area contributed by atoms with Gasteiger partial charge in [0.1, 0.15) is 0 Å². The van der Waals surface area contributed by atoms with E-state index in [9.17, 15) is 4.79 Å². The van der Waals surface area contributed by atoms with Gasteiger partial charge in [0.15, 0.2) is 0 Å². The number of nitrogen functional groups attached to an aromatic ring is 1. The standard InChI is InChI=1S/C13H18ClN3O/c1-2-3-7-4-11(7)17-12-9(13(16)18)5-8(15)6-10(12)14/h5-7,11,17H,2-4,15H2,1H3,(H2,16,18). The highest BCUT2D eigenvalue weighted by Crippen LogP contribution is 2.40. The molecule has 0 heterocycles. The van der Waals surface area contributed by atoms with E-state index in [4.69, 9.17) is 23.1 Å². The number of halogens is 1. The Kier molecular flexibility index (Phi) is 3.66. The molecule has 1 fully saturated rings. The first-order valence-electron chi connectivity index (χ1n) is 6.18. The van der Waals surface area contributed by atoms with E-state index in [0.29, 0.717) is 33.9 Å². The van der Waals surface area contributed by atoms with Gasteiger partial charge < -0.3 is 16.8 Å². The zero-order valence-electron chi connectivity index (χ0n) is 10.4. The predicted octanol–water partition coefficient (Wildman–Crippen LogP) is 2.62. The van der Waals surface area contributed by atoms with Gasteiger partial charge in [-0.1, -0.05) is 24.9 Å². The Morgan fingerprint density at radius 1 is 1.56 bits per heavy atom. The summed E-state index contributed by atoms with van der Waals surface area (Å²) in [5.74, 6) is 0.156. The maximum Gasteiger partial charge on any atom is 0.250 e. The Bertz CT molecular complexity index is 476. The van der Waals surface area contributed by atoms with E-state index in [1.54, 1.807) is 12.1 Å². The van der Waals surface area contributed by atoms with Crippen LogP contribution in [0.3, 0.4) is 0 Å². The van der Waals surface area contributed by atoms with E-state index in [1.165, 1.54) is 12.8 Å². The zero-order chi connectivity index (χ0) is 13.3. The molecule has 5 N–H and O–H groups in total. The van der Waals surface area contributed by atoms with Crippen LogP contribution in [0.15, 0.2) is 12.1 Å². The third-order valence-corrected chi connectivity index (χ3v) is 3.59. The van der Waals surface area contributed by atoms with Crippen LogP contribution in [0.1, 0.15) is 36.5 Å². The molecule has 5 heteroatoms. The van der Waals surface area contributed by atoms with Crippen molar-refractivity contribution < 1.29 is 4.79 Å². The molecule has 2 atom stereocenters. The molecule has 1 aromatic rings. The lowest BCUT2D eigenvalue weighted by atomic mass is 10.1. The molecule has 0 radical (unpaired) electrons. The number of nitrogens with two attached hydrogens (primary N) is 2. The van der Waals surface area contributed by atoms with Crippen LogP contribution >= 0.6 is 11.6 Å². The van der Waals surface area contributed by atoms with Crippen molar-refractivity contribution in [2.24, 2.45) is 11.7 Å². The van der Waals surface area contributed by atoms with Crippen LogP contribution in [0.25, 0.3) is 0 Å². The largest absolute Gasteiger partial charge is 0.399 e. The van der Waals surface area contributed by atoms with Crippen LogP contribution in [0.2, 0.25) is 5.02 Å². The number of benzene rings is 1. The summed E-state index contributed by atoms with van der Waals surface area (Å²) in [6.45, 7) is 2.17. The quantitative estimate of drug-likeness (QED) is 0.718. The Morgan fingerprint density at radius 2 is 2.28 bits per heavy atom. The van der Waals surface area contributed by atoms with Crippen LogP contribution in [0, 0.1) is 5.92 Å². The van der Waals surface area contributed by atoms with Gasteiger partial charge >= 0.3 is 0 Å². The second kappa shape index (κ2) is 5.06. The number of carbonyl (C=O) groups is 1. The van der Waals surface area contributed by atoms with Gasteiger partial charge in [-0.15, -0.1) is 0 Å². The summed E-state index contributed by atoms with van der Waals surface area (Å²) in [4.78, 5) is 11.4. The second-order valence-corrected chi connectivity index (χ2v) is 5.23. The molecule has 0 aromatic heterocycles. The summed E-state index contributed by atoms with van der Waals surface area (Å²) in [6, 6.07) is 3.59. The van der Waals surface area contributed by atoms with Crippen molar-refractivity contribution in [1.82, 2.24) is 0 Å². The Balaban J connectivity index is 2.19. The van der Waals surface area contributed by atoms with Gasteiger partial charge in [0.2, 0.25) is 0 Å².